The number of anilines is 1. The number of pyridine rings is 1. The Hall–Kier alpha value is -1.62. The van der Waals surface area contributed by atoms with E-state index in [0.717, 1.165) is 13.0 Å². The molecule has 1 fully saturated rings. The van der Waals surface area contributed by atoms with Gasteiger partial charge in [0.15, 0.2) is 0 Å². The van der Waals surface area contributed by atoms with Gasteiger partial charge >= 0.3 is 5.97 Å². The van der Waals surface area contributed by atoms with Crippen LogP contribution in [0.3, 0.4) is 0 Å². The largest absolute Gasteiger partial charge is 0.465 e. The van der Waals surface area contributed by atoms with E-state index in [1.165, 1.54) is 7.11 Å². The van der Waals surface area contributed by atoms with Gasteiger partial charge in [0.2, 0.25) is 0 Å². The molecule has 0 amide bonds. The second-order valence-corrected chi connectivity index (χ2v) is 4.38. The average Bonchev–Trinajstić information content (AvgIpc) is 2.75. The lowest BCUT2D eigenvalue weighted by molar-refractivity contribution is 0.0601. The number of carbonyl (C=O) groups is 1. The second-order valence-electron chi connectivity index (χ2n) is 4.38. The molecule has 1 atom stereocenters. The summed E-state index contributed by atoms with van der Waals surface area (Å²) in [5, 5.41) is 3.26. The van der Waals surface area contributed by atoms with Gasteiger partial charge in [-0.1, -0.05) is 0 Å². The van der Waals surface area contributed by atoms with Crippen LogP contribution in [0.4, 0.5) is 5.82 Å². The van der Waals surface area contributed by atoms with E-state index in [1.54, 1.807) is 18.3 Å². The van der Waals surface area contributed by atoms with Crippen molar-refractivity contribution in [2.45, 2.75) is 18.9 Å². The zero-order chi connectivity index (χ0) is 12.3. The van der Waals surface area contributed by atoms with Crippen molar-refractivity contribution in [2.75, 3.05) is 25.6 Å². The Morgan fingerprint density at radius 2 is 2.47 bits per heavy atom. The maximum absolute atomic E-state index is 11.6. The van der Waals surface area contributed by atoms with Crippen molar-refractivity contribution >= 4 is 11.8 Å². The molecule has 5 heteroatoms. The topological polar surface area (TPSA) is 60.5 Å². The van der Waals surface area contributed by atoms with Gasteiger partial charge in [0, 0.05) is 12.8 Å². The lowest BCUT2D eigenvalue weighted by Gasteiger charge is -2.25. The second kappa shape index (κ2) is 4.71. The van der Waals surface area contributed by atoms with Crippen molar-refractivity contribution in [3.05, 3.63) is 23.9 Å². The maximum Gasteiger partial charge on any atom is 0.341 e. The van der Waals surface area contributed by atoms with Crippen LogP contribution < -0.4 is 5.32 Å². The Morgan fingerprint density at radius 3 is 3.12 bits per heavy atom. The summed E-state index contributed by atoms with van der Waals surface area (Å²) in [5.74, 6) is 0.162. The van der Waals surface area contributed by atoms with Gasteiger partial charge in [-0.05, 0) is 25.5 Å². The van der Waals surface area contributed by atoms with Gasteiger partial charge < -0.3 is 14.8 Å². The van der Waals surface area contributed by atoms with Gasteiger partial charge in [-0.3, -0.25) is 0 Å². The minimum Gasteiger partial charge on any atom is -0.465 e. The van der Waals surface area contributed by atoms with E-state index in [0.29, 0.717) is 18.0 Å². The van der Waals surface area contributed by atoms with E-state index >= 15 is 0 Å². The van der Waals surface area contributed by atoms with Crippen molar-refractivity contribution in [3.8, 4) is 0 Å². The number of aromatic nitrogens is 1. The van der Waals surface area contributed by atoms with Crippen LogP contribution in [0, 0.1) is 0 Å². The standard InChI is InChI=1S/C12H16N2O3/c1-12(5-7-17-8-12)14-10-9(11(15)16-2)4-3-6-13-10/h3-4,6H,5,7-8H2,1-2H3,(H,13,14). The Kier molecular flexibility index (Phi) is 3.28. The molecule has 2 rings (SSSR count). The molecule has 1 saturated heterocycles. The van der Waals surface area contributed by atoms with Crippen LogP contribution in [0.1, 0.15) is 23.7 Å². The number of carbonyl (C=O) groups excluding carboxylic acids is 1. The first-order valence-corrected chi connectivity index (χ1v) is 5.54. The molecule has 1 unspecified atom stereocenters. The number of rotatable bonds is 3. The highest BCUT2D eigenvalue weighted by Gasteiger charge is 2.31. The summed E-state index contributed by atoms with van der Waals surface area (Å²) >= 11 is 0. The first kappa shape index (κ1) is 11.9. The van der Waals surface area contributed by atoms with Crippen LogP contribution in [-0.2, 0) is 9.47 Å². The predicted octanol–water partition coefficient (Wildman–Crippen LogP) is 1.46. The van der Waals surface area contributed by atoms with Gasteiger partial charge in [0.25, 0.3) is 0 Å². The third-order valence-corrected chi connectivity index (χ3v) is 2.85. The molecule has 0 saturated carbocycles. The van der Waals surface area contributed by atoms with E-state index in [-0.39, 0.29) is 11.5 Å². The normalized spacial score (nSPS) is 23.4. The van der Waals surface area contributed by atoms with Crippen molar-refractivity contribution in [1.82, 2.24) is 4.98 Å². The summed E-state index contributed by atoms with van der Waals surface area (Å²) in [4.78, 5) is 15.8. The summed E-state index contributed by atoms with van der Waals surface area (Å²) in [6.07, 6.45) is 2.54. The SMILES string of the molecule is COC(=O)c1cccnc1NC1(C)CCOC1. The fourth-order valence-corrected chi connectivity index (χ4v) is 1.83. The van der Waals surface area contributed by atoms with Gasteiger partial charge in [-0.2, -0.15) is 0 Å². The maximum atomic E-state index is 11.6. The molecule has 1 aromatic rings. The fourth-order valence-electron chi connectivity index (χ4n) is 1.83. The Bertz CT molecular complexity index is 414. The number of hydrogen-bond acceptors (Lipinski definition) is 5. The molecule has 17 heavy (non-hydrogen) atoms. The van der Waals surface area contributed by atoms with Crippen molar-refractivity contribution in [1.29, 1.82) is 0 Å². The first-order chi connectivity index (χ1) is 8.14. The number of esters is 1. The molecule has 2 heterocycles. The summed E-state index contributed by atoms with van der Waals surface area (Å²) in [7, 11) is 1.36. The van der Waals surface area contributed by atoms with E-state index in [1.807, 2.05) is 0 Å². The number of methoxy groups -OCH3 is 1. The lowest BCUT2D eigenvalue weighted by atomic mass is 10.0. The highest BCUT2D eigenvalue weighted by molar-refractivity contribution is 5.94. The molecule has 0 radical (unpaired) electrons. The van der Waals surface area contributed by atoms with E-state index in [2.05, 4.69) is 17.2 Å². The molecule has 0 bridgehead atoms. The molecule has 0 aliphatic carbocycles. The highest BCUT2D eigenvalue weighted by Crippen LogP contribution is 2.24. The molecule has 1 aromatic heterocycles. The third kappa shape index (κ3) is 2.55. The smallest absolute Gasteiger partial charge is 0.341 e. The Morgan fingerprint density at radius 1 is 1.65 bits per heavy atom. The molecular formula is C12H16N2O3. The van der Waals surface area contributed by atoms with Crippen LogP contribution in [0.15, 0.2) is 18.3 Å². The Labute approximate surface area is 100 Å². The van der Waals surface area contributed by atoms with E-state index in [4.69, 9.17) is 9.47 Å². The van der Waals surface area contributed by atoms with Gasteiger partial charge in [0.1, 0.15) is 11.4 Å². The summed E-state index contributed by atoms with van der Waals surface area (Å²) in [5.41, 5.74) is 0.278. The number of nitrogens with zero attached hydrogens (tertiary/aromatic N) is 1. The summed E-state index contributed by atoms with van der Waals surface area (Å²) in [6, 6.07) is 3.41. The number of nitrogens with one attached hydrogen (secondary N) is 1. The van der Waals surface area contributed by atoms with Gasteiger partial charge in [0.05, 0.1) is 19.3 Å². The predicted molar refractivity (Wildman–Crippen MR) is 63.0 cm³/mol. The molecule has 92 valence electrons. The monoisotopic (exact) mass is 236 g/mol. The molecule has 5 nitrogen and oxygen atoms in total. The molecular weight excluding hydrogens is 220 g/mol. The Balaban J connectivity index is 2.23. The minimum absolute atomic E-state index is 0.170. The van der Waals surface area contributed by atoms with Crippen LogP contribution in [0.25, 0.3) is 0 Å². The molecule has 0 aromatic carbocycles. The lowest BCUT2D eigenvalue weighted by Crippen LogP contribution is -2.36. The highest BCUT2D eigenvalue weighted by atomic mass is 16.5. The molecule has 1 N–H and O–H groups in total. The van der Waals surface area contributed by atoms with E-state index < -0.39 is 0 Å². The number of hydrogen-bond donors (Lipinski definition) is 1. The van der Waals surface area contributed by atoms with Crippen molar-refractivity contribution in [2.24, 2.45) is 0 Å². The van der Waals surface area contributed by atoms with Crippen LogP contribution in [-0.4, -0.2) is 36.8 Å². The number of ether oxygens (including phenoxy) is 2. The quantitative estimate of drug-likeness (QED) is 0.805. The van der Waals surface area contributed by atoms with Crippen LogP contribution >= 0.6 is 0 Å². The minimum atomic E-state index is -0.386. The molecule has 1 aliphatic heterocycles. The van der Waals surface area contributed by atoms with Gasteiger partial charge in [-0.15, -0.1) is 0 Å². The zero-order valence-electron chi connectivity index (χ0n) is 10.0. The van der Waals surface area contributed by atoms with Crippen LogP contribution in [0.2, 0.25) is 0 Å². The van der Waals surface area contributed by atoms with Crippen LogP contribution in [0.5, 0.6) is 0 Å². The van der Waals surface area contributed by atoms with Crippen molar-refractivity contribution in [3.63, 3.8) is 0 Å². The van der Waals surface area contributed by atoms with Gasteiger partial charge in [-0.25, -0.2) is 9.78 Å². The zero-order valence-corrected chi connectivity index (χ0v) is 10.0. The summed E-state index contributed by atoms with van der Waals surface area (Å²) in [6.45, 7) is 3.39. The third-order valence-electron chi connectivity index (χ3n) is 2.85. The van der Waals surface area contributed by atoms with Crippen molar-refractivity contribution < 1.29 is 14.3 Å². The molecule has 0 spiro atoms. The molecule has 1 aliphatic rings. The van der Waals surface area contributed by atoms with E-state index in [9.17, 15) is 4.79 Å². The first-order valence-electron chi connectivity index (χ1n) is 5.54. The average molecular weight is 236 g/mol. The summed E-state index contributed by atoms with van der Waals surface area (Å²) < 4.78 is 10.1. The fraction of sp³-hybridized carbons (Fsp3) is 0.500.